The Labute approximate surface area is 120 Å². The first-order valence-corrected chi connectivity index (χ1v) is 7.03. The molecule has 0 radical (unpaired) electrons. The minimum absolute atomic E-state index is 0.666. The number of aliphatic imine (C=N–C) groups is 1. The molecule has 112 valence electrons. The van der Waals surface area contributed by atoms with Crippen LogP contribution in [0.15, 0.2) is 11.3 Å². The molecule has 1 heterocycles. The molecular weight excluding hydrogens is 256 g/mol. The van der Waals surface area contributed by atoms with Crippen LogP contribution < -0.4 is 5.32 Å². The van der Waals surface area contributed by atoms with Gasteiger partial charge in [0.1, 0.15) is 12.2 Å². The summed E-state index contributed by atoms with van der Waals surface area (Å²) in [7, 11) is 5.65. The first kappa shape index (κ1) is 14.8. The first-order valence-electron chi connectivity index (χ1n) is 7.03. The van der Waals surface area contributed by atoms with Gasteiger partial charge in [0.05, 0.1) is 13.2 Å². The van der Waals surface area contributed by atoms with Crippen molar-refractivity contribution in [2.45, 2.75) is 19.4 Å². The van der Waals surface area contributed by atoms with Crippen molar-refractivity contribution in [1.29, 1.82) is 0 Å². The third kappa shape index (κ3) is 4.48. The van der Waals surface area contributed by atoms with Crippen LogP contribution in [0.5, 0.6) is 0 Å². The Hall–Kier alpha value is -1.63. The third-order valence-corrected chi connectivity index (χ3v) is 3.34. The van der Waals surface area contributed by atoms with Crippen LogP contribution in [0.4, 0.5) is 0 Å². The molecular formula is C13H24N6O. The van der Waals surface area contributed by atoms with E-state index in [0.29, 0.717) is 13.2 Å². The molecule has 1 N–H and O–H groups in total. The second-order valence-electron chi connectivity index (χ2n) is 5.15. The molecule has 1 aromatic rings. The van der Waals surface area contributed by atoms with Crippen LogP contribution in [0.25, 0.3) is 0 Å². The largest absolute Gasteiger partial charge is 0.379 e. The molecule has 1 aliphatic carbocycles. The molecule has 0 amide bonds. The average molecular weight is 280 g/mol. The third-order valence-electron chi connectivity index (χ3n) is 3.34. The number of guanidine groups is 1. The van der Waals surface area contributed by atoms with Crippen molar-refractivity contribution in [1.82, 2.24) is 25.0 Å². The van der Waals surface area contributed by atoms with Gasteiger partial charge < -0.3 is 15.0 Å². The van der Waals surface area contributed by atoms with Crippen LogP contribution in [-0.4, -0.2) is 59.5 Å². The molecule has 7 heteroatoms. The zero-order chi connectivity index (χ0) is 14.4. The maximum atomic E-state index is 5.59. The van der Waals surface area contributed by atoms with Crippen LogP contribution in [0.1, 0.15) is 18.7 Å². The van der Waals surface area contributed by atoms with E-state index in [-0.39, 0.29) is 0 Å². The van der Waals surface area contributed by atoms with E-state index in [2.05, 4.69) is 20.4 Å². The zero-order valence-corrected chi connectivity index (χ0v) is 12.5. The van der Waals surface area contributed by atoms with Crippen molar-refractivity contribution in [2.24, 2.45) is 18.0 Å². The summed E-state index contributed by atoms with van der Waals surface area (Å²) in [6, 6.07) is 0. The number of hydrogen-bond donors (Lipinski definition) is 1. The number of rotatable bonds is 7. The van der Waals surface area contributed by atoms with Gasteiger partial charge in [-0.05, 0) is 18.8 Å². The number of nitrogens with zero attached hydrogens (tertiary/aromatic N) is 5. The number of aryl methyl sites for hydroxylation is 1. The summed E-state index contributed by atoms with van der Waals surface area (Å²) in [6.07, 6.45) is 4.22. The topological polar surface area (TPSA) is 67.6 Å². The Morgan fingerprint density at radius 2 is 2.40 bits per heavy atom. The van der Waals surface area contributed by atoms with Gasteiger partial charge in [-0.2, -0.15) is 5.10 Å². The molecule has 0 saturated heterocycles. The highest BCUT2D eigenvalue weighted by Gasteiger charge is 2.20. The number of hydrogen-bond acceptors (Lipinski definition) is 4. The number of ether oxygens (including phenoxy) is 1. The number of aromatic nitrogens is 3. The summed E-state index contributed by atoms with van der Waals surface area (Å²) >= 11 is 0. The van der Waals surface area contributed by atoms with Crippen molar-refractivity contribution in [2.75, 3.05) is 33.9 Å². The minimum atomic E-state index is 0.666. The lowest BCUT2D eigenvalue weighted by Crippen LogP contribution is -2.40. The second-order valence-corrected chi connectivity index (χ2v) is 5.15. The van der Waals surface area contributed by atoms with Crippen molar-refractivity contribution in [3.05, 3.63) is 12.2 Å². The maximum Gasteiger partial charge on any atom is 0.193 e. The van der Waals surface area contributed by atoms with Gasteiger partial charge in [0.25, 0.3) is 0 Å². The van der Waals surface area contributed by atoms with Crippen molar-refractivity contribution in [3.8, 4) is 0 Å². The highest BCUT2D eigenvalue weighted by molar-refractivity contribution is 5.79. The van der Waals surface area contributed by atoms with Gasteiger partial charge in [-0.3, -0.25) is 9.67 Å². The molecule has 1 aliphatic rings. The lowest BCUT2D eigenvalue weighted by molar-refractivity contribution is 0.128. The predicted molar refractivity (Wildman–Crippen MR) is 77.4 cm³/mol. The SMILES string of the molecule is CN=C(NCCOCC1CC1)N(C)Cc1ncnn1C. The minimum Gasteiger partial charge on any atom is -0.379 e. The molecule has 2 rings (SSSR count). The normalized spacial score (nSPS) is 15.4. The van der Waals surface area contributed by atoms with Gasteiger partial charge in [-0.1, -0.05) is 0 Å². The fourth-order valence-corrected chi connectivity index (χ4v) is 1.90. The Morgan fingerprint density at radius 3 is 3.00 bits per heavy atom. The van der Waals surface area contributed by atoms with E-state index in [4.69, 9.17) is 4.74 Å². The molecule has 1 saturated carbocycles. The Bertz CT molecular complexity index is 440. The van der Waals surface area contributed by atoms with E-state index in [0.717, 1.165) is 30.9 Å². The fourth-order valence-electron chi connectivity index (χ4n) is 1.90. The smallest absolute Gasteiger partial charge is 0.193 e. The Kier molecular flexibility index (Phi) is 5.34. The van der Waals surface area contributed by atoms with Crippen molar-refractivity contribution < 1.29 is 4.74 Å². The van der Waals surface area contributed by atoms with E-state index in [9.17, 15) is 0 Å². The molecule has 7 nitrogen and oxygen atoms in total. The molecule has 0 aliphatic heterocycles. The lowest BCUT2D eigenvalue weighted by atomic mass is 10.5. The second kappa shape index (κ2) is 7.23. The summed E-state index contributed by atoms with van der Waals surface area (Å²) in [5.74, 6) is 2.55. The van der Waals surface area contributed by atoms with Crippen LogP contribution in [0.2, 0.25) is 0 Å². The fraction of sp³-hybridized carbons (Fsp3) is 0.769. The highest BCUT2D eigenvalue weighted by Crippen LogP contribution is 2.28. The van der Waals surface area contributed by atoms with Crippen LogP contribution in [0.3, 0.4) is 0 Å². The van der Waals surface area contributed by atoms with Crippen LogP contribution in [-0.2, 0) is 18.3 Å². The summed E-state index contributed by atoms with van der Waals surface area (Å²) in [5, 5.41) is 7.35. The molecule has 0 aromatic carbocycles. The molecule has 0 atom stereocenters. The van der Waals surface area contributed by atoms with E-state index in [1.165, 1.54) is 12.8 Å². The predicted octanol–water partition coefficient (Wildman–Crippen LogP) is 0.249. The van der Waals surface area contributed by atoms with Crippen molar-refractivity contribution >= 4 is 5.96 Å². The Morgan fingerprint density at radius 1 is 1.60 bits per heavy atom. The van der Waals surface area contributed by atoms with E-state index >= 15 is 0 Å². The molecule has 1 aromatic heterocycles. The Balaban J connectivity index is 1.68. The van der Waals surface area contributed by atoms with Gasteiger partial charge in [0.2, 0.25) is 0 Å². The lowest BCUT2D eigenvalue weighted by Gasteiger charge is -2.21. The monoisotopic (exact) mass is 280 g/mol. The van der Waals surface area contributed by atoms with Crippen LogP contribution in [0, 0.1) is 5.92 Å². The zero-order valence-electron chi connectivity index (χ0n) is 12.5. The van der Waals surface area contributed by atoms with Gasteiger partial charge in [0.15, 0.2) is 5.96 Å². The quantitative estimate of drug-likeness (QED) is 0.440. The molecule has 0 unspecified atom stereocenters. The van der Waals surface area contributed by atoms with Gasteiger partial charge in [0, 0.05) is 34.3 Å². The summed E-state index contributed by atoms with van der Waals surface area (Å²) in [4.78, 5) is 10.5. The maximum absolute atomic E-state index is 5.59. The van der Waals surface area contributed by atoms with Crippen molar-refractivity contribution in [3.63, 3.8) is 0 Å². The molecule has 0 spiro atoms. The summed E-state index contributed by atoms with van der Waals surface area (Å²) in [5.41, 5.74) is 0. The average Bonchev–Trinajstić information content (AvgIpc) is 3.18. The van der Waals surface area contributed by atoms with Gasteiger partial charge in [-0.25, -0.2) is 4.98 Å². The van der Waals surface area contributed by atoms with Gasteiger partial charge >= 0.3 is 0 Å². The van der Waals surface area contributed by atoms with Gasteiger partial charge in [-0.15, -0.1) is 0 Å². The highest BCUT2D eigenvalue weighted by atomic mass is 16.5. The number of nitrogens with one attached hydrogen (secondary N) is 1. The molecule has 0 bridgehead atoms. The van der Waals surface area contributed by atoms with E-state index in [1.54, 1.807) is 18.1 Å². The summed E-state index contributed by atoms with van der Waals surface area (Å²) in [6.45, 7) is 3.05. The summed E-state index contributed by atoms with van der Waals surface area (Å²) < 4.78 is 7.36. The standard InChI is InChI=1S/C13H24N6O/c1-14-13(15-6-7-20-9-11-4-5-11)18(2)8-12-16-10-17-19(12)3/h10-11H,4-9H2,1-3H3,(H,14,15). The molecule has 1 fully saturated rings. The van der Waals surface area contributed by atoms with E-state index < -0.39 is 0 Å². The van der Waals surface area contributed by atoms with E-state index in [1.807, 2.05) is 19.0 Å². The molecule has 20 heavy (non-hydrogen) atoms. The van der Waals surface area contributed by atoms with Crippen LogP contribution >= 0.6 is 0 Å². The first-order chi connectivity index (χ1) is 9.70.